The molecule has 2 aromatic rings. The van der Waals surface area contributed by atoms with Crippen LogP contribution in [0.1, 0.15) is 11.3 Å². The third kappa shape index (κ3) is 3.86. The van der Waals surface area contributed by atoms with E-state index in [0.717, 1.165) is 37.4 Å². The summed E-state index contributed by atoms with van der Waals surface area (Å²) in [6, 6.07) is 7.44. The highest BCUT2D eigenvalue weighted by Crippen LogP contribution is 2.23. The van der Waals surface area contributed by atoms with Gasteiger partial charge in [-0.05, 0) is 44.7 Å². The fourth-order valence-electron chi connectivity index (χ4n) is 2.74. The molecular formula is C17H23N5O2. The molecule has 7 nitrogen and oxygen atoms in total. The van der Waals surface area contributed by atoms with Crippen LogP contribution in [0, 0.1) is 13.8 Å². The van der Waals surface area contributed by atoms with Crippen LogP contribution >= 0.6 is 0 Å². The summed E-state index contributed by atoms with van der Waals surface area (Å²) in [5, 5.41) is 9.24. The fraction of sp³-hybridized carbons (Fsp3) is 0.412. The lowest BCUT2D eigenvalue weighted by Gasteiger charge is -2.34. The van der Waals surface area contributed by atoms with Gasteiger partial charge in [0.15, 0.2) is 5.82 Å². The number of carbonyl (C=O) groups excluding carboxylic acids is 1. The maximum absolute atomic E-state index is 12.0. The van der Waals surface area contributed by atoms with Gasteiger partial charge in [0.1, 0.15) is 5.76 Å². The molecule has 3 rings (SSSR count). The molecule has 1 aromatic heterocycles. The number of likely N-dealkylation sites (N-methyl/N-ethyl adjacent to an activating group) is 1. The SMILES string of the molecule is Cc1cc(NC(=O)Nc2ccc(N3CCN(C)CC3)cc2C)no1. The van der Waals surface area contributed by atoms with E-state index in [-0.39, 0.29) is 6.03 Å². The number of nitrogens with one attached hydrogen (secondary N) is 2. The van der Waals surface area contributed by atoms with Crippen LogP contribution in [0.25, 0.3) is 0 Å². The highest BCUT2D eigenvalue weighted by molar-refractivity contribution is 5.99. The minimum absolute atomic E-state index is 0.334. The zero-order chi connectivity index (χ0) is 17.1. The number of anilines is 3. The normalized spacial score (nSPS) is 15.4. The molecule has 128 valence electrons. The van der Waals surface area contributed by atoms with Gasteiger partial charge < -0.3 is 19.6 Å². The lowest BCUT2D eigenvalue weighted by molar-refractivity contribution is 0.262. The Balaban J connectivity index is 1.63. The molecule has 1 aliphatic rings. The Hall–Kier alpha value is -2.54. The predicted octanol–water partition coefficient (Wildman–Crippen LogP) is 2.69. The molecule has 0 unspecified atom stereocenters. The molecule has 1 fully saturated rings. The van der Waals surface area contributed by atoms with Gasteiger partial charge in [-0.2, -0.15) is 0 Å². The first-order chi connectivity index (χ1) is 11.5. The van der Waals surface area contributed by atoms with Crippen molar-refractivity contribution in [3.63, 3.8) is 0 Å². The third-order valence-electron chi connectivity index (χ3n) is 4.20. The van der Waals surface area contributed by atoms with E-state index >= 15 is 0 Å². The number of urea groups is 1. The number of carbonyl (C=O) groups is 1. The second-order valence-corrected chi connectivity index (χ2v) is 6.19. The summed E-state index contributed by atoms with van der Waals surface area (Å²) in [7, 11) is 2.14. The average Bonchev–Trinajstić information content (AvgIpc) is 2.95. The molecule has 0 radical (unpaired) electrons. The number of nitrogens with zero attached hydrogens (tertiary/aromatic N) is 3. The van der Waals surface area contributed by atoms with Gasteiger partial charge in [-0.15, -0.1) is 0 Å². The highest BCUT2D eigenvalue weighted by atomic mass is 16.5. The zero-order valence-electron chi connectivity index (χ0n) is 14.3. The van der Waals surface area contributed by atoms with E-state index in [1.54, 1.807) is 13.0 Å². The monoisotopic (exact) mass is 329 g/mol. The Labute approximate surface area is 141 Å². The van der Waals surface area contributed by atoms with E-state index in [4.69, 9.17) is 4.52 Å². The number of rotatable bonds is 3. The van der Waals surface area contributed by atoms with Gasteiger partial charge in [0, 0.05) is 43.6 Å². The van der Waals surface area contributed by atoms with Crippen LogP contribution in [0.15, 0.2) is 28.8 Å². The van der Waals surface area contributed by atoms with Crippen molar-refractivity contribution in [2.45, 2.75) is 13.8 Å². The standard InChI is InChI=1S/C17H23N5O2/c1-12-10-14(22-8-6-21(3)7-9-22)4-5-15(12)18-17(23)19-16-11-13(2)24-20-16/h4-5,10-11H,6-9H2,1-3H3,(H2,18,19,20,23). The van der Waals surface area contributed by atoms with Crippen LogP contribution in [-0.4, -0.2) is 49.3 Å². The summed E-state index contributed by atoms with van der Waals surface area (Å²) in [4.78, 5) is 16.7. The van der Waals surface area contributed by atoms with Crippen LogP contribution < -0.4 is 15.5 Å². The Morgan fingerprint density at radius 1 is 1.12 bits per heavy atom. The maximum atomic E-state index is 12.0. The molecule has 2 N–H and O–H groups in total. The lowest BCUT2D eigenvalue weighted by Crippen LogP contribution is -2.44. The number of benzene rings is 1. The molecule has 0 saturated carbocycles. The molecule has 1 saturated heterocycles. The third-order valence-corrected chi connectivity index (χ3v) is 4.20. The number of hydrogen-bond acceptors (Lipinski definition) is 5. The van der Waals surface area contributed by atoms with Crippen LogP contribution in [-0.2, 0) is 0 Å². The Morgan fingerprint density at radius 3 is 2.50 bits per heavy atom. The van der Waals surface area contributed by atoms with E-state index < -0.39 is 0 Å². The first-order valence-corrected chi connectivity index (χ1v) is 8.07. The number of aryl methyl sites for hydroxylation is 2. The van der Waals surface area contributed by atoms with Crippen molar-refractivity contribution in [1.29, 1.82) is 0 Å². The summed E-state index contributed by atoms with van der Waals surface area (Å²) in [6.45, 7) is 7.95. The van der Waals surface area contributed by atoms with Crippen molar-refractivity contribution < 1.29 is 9.32 Å². The summed E-state index contributed by atoms with van der Waals surface area (Å²) in [6.07, 6.45) is 0. The highest BCUT2D eigenvalue weighted by Gasteiger charge is 2.15. The first-order valence-electron chi connectivity index (χ1n) is 8.07. The van der Waals surface area contributed by atoms with Crippen molar-refractivity contribution in [3.05, 3.63) is 35.6 Å². The number of aromatic nitrogens is 1. The number of amides is 2. The van der Waals surface area contributed by atoms with Gasteiger partial charge >= 0.3 is 6.03 Å². The van der Waals surface area contributed by atoms with Crippen molar-refractivity contribution >= 4 is 23.2 Å². The second-order valence-electron chi connectivity index (χ2n) is 6.19. The van der Waals surface area contributed by atoms with Gasteiger partial charge in [-0.1, -0.05) is 5.16 Å². The van der Waals surface area contributed by atoms with Gasteiger partial charge in [0.2, 0.25) is 0 Å². The Kier molecular flexibility index (Phi) is 4.71. The minimum Gasteiger partial charge on any atom is -0.369 e. The quantitative estimate of drug-likeness (QED) is 0.906. The van der Waals surface area contributed by atoms with Gasteiger partial charge in [0.25, 0.3) is 0 Å². The van der Waals surface area contributed by atoms with E-state index in [1.807, 2.05) is 19.1 Å². The molecule has 7 heteroatoms. The lowest BCUT2D eigenvalue weighted by atomic mass is 10.1. The molecule has 24 heavy (non-hydrogen) atoms. The zero-order valence-corrected chi connectivity index (χ0v) is 14.3. The molecule has 2 amide bonds. The molecule has 1 aromatic carbocycles. The van der Waals surface area contributed by atoms with Crippen LogP contribution in [0.5, 0.6) is 0 Å². The van der Waals surface area contributed by atoms with Crippen molar-refractivity contribution in [3.8, 4) is 0 Å². The Bertz CT molecular complexity index is 720. The molecule has 0 atom stereocenters. The topological polar surface area (TPSA) is 73.6 Å². The maximum Gasteiger partial charge on any atom is 0.324 e. The molecular weight excluding hydrogens is 306 g/mol. The average molecular weight is 329 g/mol. The predicted molar refractivity (Wildman–Crippen MR) is 94.8 cm³/mol. The van der Waals surface area contributed by atoms with E-state index in [1.165, 1.54) is 5.69 Å². The number of piperazine rings is 1. The fourth-order valence-corrected chi connectivity index (χ4v) is 2.74. The van der Waals surface area contributed by atoms with Crippen LogP contribution in [0.3, 0.4) is 0 Å². The molecule has 0 spiro atoms. The number of hydrogen-bond donors (Lipinski definition) is 2. The van der Waals surface area contributed by atoms with E-state index in [0.29, 0.717) is 11.6 Å². The summed E-state index contributed by atoms with van der Waals surface area (Å²) in [5.74, 6) is 1.05. The molecule has 2 heterocycles. The van der Waals surface area contributed by atoms with E-state index in [9.17, 15) is 4.79 Å². The second kappa shape index (κ2) is 6.92. The minimum atomic E-state index is -0.334. The molecule has 1 aliphatic heterocycles. The van der Waals surface area contributed by atoms with Crippen LogP contribution in [0.2, 0.25) is 0 Å². The van der Waals surface area contributed by atoms with Crippen molar-refractivity contribution in [1.82, 2.24) is 10.1 Å². The summed E-state index contributed by atoms with van der Waals surface area (Å²) >= 11 is 0. The van der Waals surface area contributed by atoms with Crippen molar-refractivity contribution in [2.75, 3.05) is 48.8 Å². The summed E-state index contributed by atoms with van der Waals surface area (Å²) < 4.78 is 4.93. The molecule has 0 bridgehead atoms. The largest absolute Gasteiger partial charge is 0.369 e. The Morgan fingerprint density at radius 2 is 1.88 bits per heavy atom. The van der Waals surface area contributed by atoms with Gasteiger partial charge in [0.05, 0.1) is 0 Å². The first kappa shape index (κ1) is 16.3. The smallest absolute Gasteiger partial charge is 0.324 e. The van der Waals surface area contributed by atoms with Gasteiger partial charge in [-0.3, -0.25) is 5.32 Å². The summed E-state index contributed by atoms with van der Waals surface area (Å²) in [5.41, 5.74) is 3.00. The van der Waals surface area contributed by atoms with Crippen LogP contribution in [0.4, 0.5) is 22.0 Å². The molecule has 0 aliphatic carbocycles. The van der Waals surface area contributed by atoms with E-state index in [2.05, 4.69) is 38.7 Å². The van der Waals surface area contributed by atoms with Crippen molar-refractivity contribution in [2.24, 2.45) is 0 Å². The van der Waals surface area contributed by atoms with Gasteiger partial charge in [-0.25, -0.2) is 4.79 Å².